The lowest BCUT2D eigenvalue weighted by Crippen LogP contribution is -2.49. The van der Waals surface area contributed by atoms with Crippen LogP contribution >= 0.6 is 0 Å². The number of primary amides is 1. The van der Waals surface area contributed by atoms with E-state index >= 15 is 0 Å². The molecule has 1 unspecified atom stereocenters. The average Bonchev–Trinajstić information content (AvgIpc) is 2.89. The Kier molecular flexibility index (Phi) is 4.96. The Morgan fingerprint density at radius 1 is 1.26 bits per heavy atom. The van der Waals surface area contributed by atoms with E-state index in [1.54, 1.807) is 4.90 Å². The number of rotatable bonds is 5. The van der Waals surface area contributed by atoms with Gasteiger partial charge in [-0.05, 0) is 44.7 Å². The molecule has 1 aliphatic carbocycles. The molecular formula is C14H23N3O2. The molecule has 1 fully saturated rings. The Labute approximate surface area is 114 Å². The molecular weight excluding hydrogens is 242 g/mol. The van der Waals surface area contributed by atoms with Crippen LogP contribution in [-0.4, -0.2) is 42.4 Å². The summed E-state index contributed by atoms with van der Waals surface area (Å²) in [6, 6.07) is 0.159. The zero-order valence-electron chi connectivity index (χ0n) is 11.3. The fourth-order valence-electron chi connectivity index (χ4n) is 2.91. The first-order valence-electron chi connectivity index (χ1n) is 7.12. The molecule has 2 amide bonds. The lowest BCUT2D eigenvalue weighted by Gasteiger charge is -2.34. The number of carbonyl (C=O) groups excluding carboxylic acids is 2. The average molecular weight is 265 g/mol. The molecule has 19 heavy (non-hydrogen) atoms. The van der Waals surface area contributed by atoms with Crippen LogP contribution in [0.2, 0.25) is 0 Å². The van der Waals surface area contributed by atoms with E-state index in [9.17, 15) is 9.59 Å². The van der Waals surface area contributed by atoms with Crippen LogP contribution in [0.25, 0.3) is 0 Å². The van der Waals surface area contributed by atoms with Crippen molar-refractivity contribution >= 4 is 11.8 Å². The molecule has 0 saturated carbocycles. The smallest absolute Gasteiger partial charge is 0.237 e. The van der Waals surface area contributed by atoms with E-state index in [2.05, 4.69) is 17.5 Å². The number of carbonyl (C=O) groups is 2. The zero-order chi connectivity index (χ0) is 13.7. The van der Waals surface area contributed by atoms with Crippen molar-refractivity contribution in [1.29, 1.82) is 0 Å². The van der Waals surface area contributed by atoms with E-state index < -0.39 is 5.91 Å². The molecule has 106 valence electrons. The van der Waals surface area contributed by atoms with E-state index in [0.29, 0.717) is 12.3 Å². The summed E-state index contributed by atoms with van der Waals surface area (Å²) in [5.41, 5.74) is 5.28. The molecule has 3 N–H and O–H groups in total. The van der Waals surface area contributed by atoms with Crippen molar-refractivity contribution in [2.24, 2.45) is 11.7 Å². The molecule has 5 heteroatoms. The minimum absolute atomic E-state index is 0.0555. The van der Waals surface area contributed by atoms with Gasteiger partial charge < -0.3 is 16.0 Å². The Bertz CT molecular complexity index is 362. The van der Waals surface area contributed by atoms with E-state index in [1.165, 1.54) is 0 Å². The summed E-state index contributed by atoms with van der Waals surface area (Å²) in [6.07, 6.45) is 8.65. The summed E-state index contributed by atoms with van der Waals surface area (Å²) < 4.78 is 0. The van der Waals surface area contributed by atoms with Gasteiger partial charge in [0, 0.05) is 12.5 Å². The predicted octanol–water partition coefficient (Wildman–Crippen LogP) is 0.409. The second-order valence-electron chi connectivity index (χ2n) is 5.44. The van der Waals surface area contributed by atoms with Crippen molar-refractivity contribution in [3.05, 3.63) is 12.2 Å². The molecule has 0 spiro atoms. The third-order valence-electron chi connectivity index (χ3n) is 3.95. The third-order valence-corrected chi connectivity index (χ3v) is 3.95. The minimum atomic E-state index is -0.422. The highest BCUT2D eigenvalue weighted by atomic mass is 16.2. The van der Waals surface area contributed by atoms with Crippen molar-refractivity contribution in [3.8, 4) is 0 Å². The number of allylic oxidation sites excluding steroid dienone is 2. The van der Waals surface area contributed by atoms with Gasteiger partial charge in [-0.25, -0.2) is 0 Å². The molecule has 0 aromatic heterocycles. The lowest BCUT2D eigenvalue weighted by atomic mass is 10.0. The highest BCUT2D eigenvalue weighted by molar-refractivity contribution is 5.84. The number of nitrogens with zero attached hydrogens (tertiary/aromatic N) is 1. The highest BCUT2D eigenvalue weighted by Crippen LogP contribution is 2.23. The fraction of sp³-hybridized carbons (Fsp3) is 0.714. The third kappa shape index (κ3) is 4.06. The second-order valence-corrected chi connectivity index (χ2v) is 5.44. The number of piperidine rings is 1. The molecule has 0 aromatic carbocycles. The van der Waals surface area contributed by atoms with Gasteiger partial charge in [0.25, 0.3) is 0 Å². The molecule has 0 radical (unpaired) electrons. The van der Waals surface area contributed by atoms with Crippen molar-refractivity contribution in [3.63, 3.8) is 0 Å². The van der Waals surface area contributed by atoms with Crippen molar-refractivity contribution in [2.75, 3.05) is 19.6 Å². The van der Waals surface area contributed by atoms with Crippen LogP contribution in [0.4, 0.5) is 0 Å². The summed E-state index contributed by atoms with van der Waals surface area (Å²) in [4.78, 5) is 25.3. The van der Waals surface area contributed by atoms with Gasteiger partial charge in [0.05, 0.1) is 6.54 Å². The molecule has 5 nitrogen and oxygen atoms in total. The summed E-state index contributed by atoms with van der Waals surface area (Å²) >= 11 is 0. The normalized spacial score (nSPS) is 23.5. The predicted molar refractivity (Wildman–Crippen MR) is 73.3 cm³/mol. The van der Waals surface area contributed by atoms with Gasteiger partial charge in [-0.2, -0.15) is 0 Å². The Hall–Kier alpha value is -1.36. The van der Waals surface area contributed by atoms with Crippen LogP contribution in [0.5, 0.6) is 0 Å². The lowest BCUT2D eigenvalue weighted by molar-refractivity contribution is -0.138. The van der Waals surface area contributed by atoms with Gasteiger partial charge in [-0.1, -0.05) is 12.2 Å². The molecule has 1 heterocycles. The summed E-state index contributed by atoms with van der Waals surface area (Å²) in [6.45, 7) is 1.85. The number of hydrogen-bond acceptors (Lipinski definition) is 3. The zero-order valence-corrected chi connectivity index (χ0v) is 11.3. The molecule has 1 saturated heterocycles. The van der Waals surface area contributed by atoms with Crippen LogP contribution in [0.15, 0.2) is 12.2 Å². The van der Waals surface area contributed by atoms with E-state index in [4.69, 9.17) is 5.73 Å². The Morgan fingerprint density at radius 3 is 2.58 bits per heavy atom. The first kappa shape index (κ1) is 14.1. The van der Waals surface area contributed by atoms with Crippen LogP contribution in [0, 0.1) is 5.92 Å². The van der Waals surface area contributed by atoms with Crippen molar-refractivity contribution < 1.29 is 9.59 Å². The first-order valence-corrected chi connectivity index (χ1v) is 7.12. The van der Waals surface area contributed by atoms with Gasteiger partial charge in [0.15, 0.2) is 0 Å². The monoisotopic (exact) mass is 265 g/mol. The summed E-state index contributed by atoms with van der Waals surface area (Å²) in [5, 5.41) is 3.27. The number of hydrogen-bond donors (Lipinski definition) is 2. The second kappa shape index (κ2) is 6.70. The topological polar surface area (TPSA) is 75.4 Å². The Morgan fingerprint density at radius 2 is 2.00 bits per heavy atom. The van der Waals surface area contributed by atoms with Crippen LogP contribution in [-0.2, 0) is 9.59 Å². The molecule has 0 bridgehead atoms. The van der Waals surface area contributed by atoms with Gasteiger partial charge in [0.2, 0.25) is 11.8 Å². The summed E-state index contributed by atoms with van der Waals surface area (Å²) in [5.74, 6) is -0.0133. The van der Waals surface area contributed by atoms with Gasteiger partial charge in [-0.3, -0.25) is 9.59 Å². The highest BCUT2D eigenvalue weighted by Gasteiger charge is 2.28. The standard InChI is InChI=1S/C14H23N3O2/c15-13(18)10-17(12-5-7-16-8-6-12)14(19)9-11-3-1-2-4-11/h1,3,11-12,16H,2,4-10H2,(H2,15,18). The summed E-state index contributed by atoms with van der Waals surface area (Å²) in [7, 11) is 0. The van der Waals surface area contributed by atoms with Gasteiger partial charge in [-0.15, -0.1) is 0 Å². The number of nitrogens with two attached hydrogens (primary N) is 1. The SMILES string of the molecule is NC(=O)CN(C(=O)CC1C=CCC1)C1CCNCC1. The first-order chi connectivity index (χ1) is 9.16. The molecule has 2 rings (SSSR count). The number of amides is 2. The van der Waals surface area contributed by atoms with Gasteiger partial charge in [0.1, 0.15) is 0 Å². The molecule has 1 aliphatic heterocycles. The van der Waals surface area contributed by atoms with Crippen LogP contribution in [0.1, 0.15) is 32.1 Å². The fourth-order valence-corrected chi connectivity index (χ4v) is 2.91. The van der Waals surface area contributed by atoms with Crippen LogP contribution in [0.3, 0.4) is 0 Å². The molecule has 2 aliphatic rings. The maximum absolute atomic E-state index is 12.4. The molecule has 0 aromatic rings. The van der Waals surface area contributed by atoms with Gasteiger partial charge >= 0.3 is 0 Å². The minimum Gasteiger partial charge on any atom is -0.368 e. The Balaban J connectivity index is 1.96. The van der Waals surface area contributed by atoms with Crippen LogP contribution < -0.4 is 11.1 Å². The van der Waals surface area contributed by atoms with Crippen molar-refractivity contribution in [1.82, 2.24) is 10.2 Å². The van der Waals surface area contributed by atoms with E-state index in [-0.39, 0.29) is 18.5 Å². The molecule has 1 atom stereocenters. The van der Waals surface area contributed by atoms with Crippen molar-refractivity contribution in [2.45, 2.75) is 38.1 Å². The maximum Gasteiger partial charge on any atom is 0.237 e. The quantitative estimate of drug-likeness (QED) is 0.707. The van der Waals surface area contributed by atoms with E-state index in [0.717, 1.165) is 38.8 Å². The number of nitrogens with one attached hydrogen (secondary N) is 1. The largest absolute Gasteiger partial charge is 0.368 e. The maximum atomic E-state index is 12.4. The van der Waals surface area contributed by atoms with E-state index in [1.807, 2.05) is 0 Å².